The average molecular weight is 172 g/mol. The van der Waals surface area contributed by atoms with Crippen LogP contribution in [0.25, 0.3) is 10.8 Å². The molecule has 1 heterocycles. The highest BCUT2D eigenvalue weighted by molar-refractivity contribution is 5.84. The molecule has 2 nitrogen and oxygen atoms in total. The molecular weight excluding hydrogens is 160 g/mol. The predicted molar refractivity (Wildman–Crippen MR) is 53.7 cm³/mol. The van der Waals surface area contributed by atoms with Crippen molar-refractivity contribution in [1.82, 2.24) is 10.2 Å². The van der Waals surface area contributed by atoms with Gasteiger partial charge in [0.1, 0.15) is 0 Å². The van der Waals surface area contributed by atoms with E-state index in [0.717, 1.165) is 12.1 Å². The Labute approximate surface area is 77.6 Å². The second-order valence-corrected chi connectivity index (χ2v) is 3.24. The molecule has 0 saturated heterocycles. The van der Waals surface area contributed by atoms with Crippen molar-refractivity contribution in [2.75, 3.05) is 0 Å². The summed E-state index contributed by atoms with van der Waals surface area (Å²) in [7, 11) is 0. The molecule has 0 saturated carbocycles. The maximum Gasteiger partial charge on any atom is 0.0706 e. The summed E-state index contributed by atoms with van der Waals surface area (Å²) in [5.74, 6) is 0. The molecule has 0 unspecified atom stereocenters. The molecule has 0 radical (unpaired) electrons. The van der Waals surface area contributed by atoms with Crippen molar-refractivity contribution in [2.24, 2.45) is 0 Å². The number of hydrogen-bond donors (Lipinski definition) is 0. The fourth-order valence-electron chi connectivity index (χ4n) is 1.53. The van der Waals surface area contributed by atoms with Crippen molar-refractivity contribution in [3.63, 3.8) is 0 Å². The monoisotopic (exact) mass is 172 g/mol. The van der Waals surface area contributed by atoms with E-state index in [1.807, 2.05) is 6.20 Å². The molecule has 1 aromatic heterocycles. The van der Waals surface area contributed by atoms with Gasteiger partial charge in [0.15, 0.2) is 0 Å². The number of aryl methyl sites for hydroxylation is 2. The van der Waals surface area contributed by atoms with Gasteiger partial charge < -0.3 is 0 Å². The first-order valence-electron chi connectivity index (χ1n) is 4.52. The molecule has 13 heavy (non-hydrogen) atoms. The maximum atomic E-state index is 4.11. The smallest absolute Gasteiger partial charge is 0.0706 e. The minimum Gasteiger partial charge on any atom is -0.158 e. The van der Waals surface area contributed by atoms with Crippen molar-refractivity contribution in [1.29, 1.82) is 0 Å². The number of rotatable bonds is 1. The van der Waals surface area contributed by atoms with Crippen LogP contribution in [0, 0.1) is 6.92 Å². The van der Waals surface area contributed by atoms with E-state index >= 15 is 0 Å². The lowest BCUT2D eigenvalue weighted by atomic mass is 10.1. The maximum absolute atomic E-state index is 4.11. The van der Waals surface area contributed by atoms with Gasteiger partial charge in [0.2, 0.25) is 0 Å². The average Bonchev–Trinajstić information content (AvgIpc) is 2.16. The Hall–Kier alpha value is -1.44. The van der Waals surface area contributed by atoms with Crippen LogP contribution < -0.4 is 0 Å². The van der Waals surface area contributed by atoms with Crippen LogP contribution in [0.2, 0.25) is 0 Å². The third-order valence-corrected chi connectivity index (χ3v) is 2.23. The molecule has 0 N–H and O–H groups in total. The predicted octanol–water partition coefficient (Wildman–Crippen LogP) is 2.50. The Kier molecular flexibility index (Phi) is 1.97. The molecule has 0 bridgehead atoms. The zero-order valence-electron chi connectivity index (χ0n) is 7.91. The fraction of sp³-hybridized carbons (Fsp3) is 0.273. The third-order valence-electron chi connectivity index (χ3n) is 2.23. The van der Waals surface area contributed by atoms with Gasteiger partial charge >= 0.3 is 0 Å². The second-order valence-electron chi connectivity index (χ2n) is 3.24. The SMILES string of the molecule is CCc1nncc2cc(C)ccc12. The minimum atomic E-state index is 0.938. The highest BCUT2D eigenvalue weighted by Gasteiger charge is 2.00. The molecule has 0 amide bonds. The molecule has 0 aliphatic rings. The molecule has 2 heteroatoms. The summed E-state index contributed by atoms with van der Waals surface area (Å²) in [5.41, 5.74) is 2.35. The standard InChI is InChI=1S/C11H12N2/c1-3-11-10-5-4-8(2)6-9(10)7-12-13-11/h4-7H,3H2,1-2H3. The van der Waals surface area contributed by atoms with E-state index in [0.29, 0.717) is 0 Å². The molecule has 0 aliphatic carbocycles. The Balaban J connectivity index is 2.77. The van der Waals surface area contributed by atoms with Crippen LogP contribution in [0.4, 0.5) is 0 Å². The summed E-state index contributed by atoms with van der Waals surface area (Å²) in [4.78, 5) is 0. The quantitative estimate of drug-likeness (QED) is 0.660. The summed E-state index contributed by atoms with van der Waals surface area (Å²) in [6, 6.07) is 6.38. The van der Waals surface area contributed by atoms with Crippen molar-refractivity contribution in [2.45, 2.75) is 20.3 Å². The van der Waals surface area contributed by atoms with Crippen LogP contribution in [0.5, 0.6) is 0 Å². The lowest BCUT2D eigenvalue weighted by molar-refractivity contribution is 0.940. The van der Waals surface area contributed by atoms with Gasteiger partial charge in [-0.25, -0.2) is 0 Å². The van der Waals surface area contributed by atoms with E-state index in [4.69, 9.17) is 0 Å². The lowest BCUT2D eigenvalue weighted by Crippen LogP contribution is -1.92. The van der Waals surface area contributed by atoms with E-state index in [-0.39, 0.29) is 0 Å². The normalized spacial score (nSPS) is 10.6. The number of fused-ring (bicyclic) bond motifs is 1. The zero-order chi connectivity index (χ0) is 9.26. The summed E-state index contributed by atoms with van der Waals surface area (Å²) < 4.78 is 0. The number of benzene rings is 1. The van der Waals surface area contributed by atoms with Crippen LogP contribution in [0.1, 0.15) is 18.2 Å². The first kappa shape index (κ1) is 8.17. The molecule has 2 rings (SSSR count). The van der Waals surface area contributed by atoms with Crippen LogP contribution in [-0.2, 0) is 6.42 Å². The highest BCUT2D eigenvalue weighted by Crippen LogP contribution is 2.17. The molecule has 0 aliphatic heterocycles. The van der Waals surface area contributed by atoms with Crippen molar-refractivity contribution in [3.05, 3.63) is 35.7 Å². The van der Waals surface area contributed by atoms with Crippen LogP contribution >= 0.6 is 0 Å². The molecule has 0 fully saturated rings. The minimum absolute atomic E-state index is 0.938. The van der Waals surface area contributed by atoms with Gasteiger partial charge in [0, 0.05) is 10.8 Å². The van der Waals surface area contributed by atoms with Gasteiger partial charge in [0.25, 0.3) is 0 Å². The van der Waals surface area contributed by atoms with Gasteiger partial charge in [-0.2, -0.15) is 10.2 Å². The third kappa shape index (κ3) is 1.39. The first-order valence-corrected chi connectivity index (χ1v) is 4.52. The van der Waals surface area contributed by atoms with Crippen molar-refractivity contribution >= 4 is 10.8 Å². The number of hydrogen-bond acceptors (Lipinski definition) is 2. The number of aromatic nitrogens is 2. The van der Waals surface area contributed by atoms with Crippen LogP contribution in [0.15, 0.2) is 24.4 Å². The molecule has 66 valence electrons. The van der Waals surface area contributed by atoms with Crippen molar-refractivity contribution < 1.29 is 0 Å². The largest absolute Gasteiger partial charge is 0.158 e. The van der Waals surface area contributed by atoms with Crippen LogP contribution in [0.3, 0.4) is 0 Å². The Bertz CT molecular complexity index is 435. The first-order chi connectivity index (χ1) is 6.31. The highest BCUT2D eigenvalue weighted by atomic mass is 15.1. The molecule has 0 spiro atoms. The van der Waals surface area contributed by atoms with Gasteiger partial charge in [-0.3, -0.25) is 0 Å². The topological polar surface area (TPSA) is 25.8 Å². The zero-order valence-corrected chi connectivity index (χ0v) is 7.91. The van der Waals surface area contributed by atoms with Gasteiger partial charge in [-0.1, -0.05) is 24.6 Å². The Morgan fingerprint density at radius 1 is 1.31 bits per heavy atom. The Morgan fingerprint density at radius 2 is 2.15 bits per heavy atom. The molecule has 1 aromatic carbocycles. The van der Waals surface area contributed by atoms with Gasteiger partial charge in [-0.15, -0.1) is 0 Å². The van der Waals surface area contributed by atoms with Gasteiger partial charge in [-0.05, 0) is 19.4 Å². The van der Waals surface area contributed by atoms with E-state index in [1.54, 1.807) is 0 Å². The summed E-state index contributed by atoms with van der Waals surface area (Å²) in [6.45, 7) is 4.19. The van der Waals surface area contributed by atoms with E-state index in [2.05, 4.69) is 42.2 Å². The molecular formula is C11H12N2. The lowest BCUT2D eigenvalue weighted by Gasteiger charge is -2.02. The fourth-order valence-corrected chi connectivity index (χ4v) is 1.53. The van der Waals surface area contributed by atoms with Gasteiger partial charge in [0.05, 0.1) is 11.9 Å². The van der Waals surface area contributed by atoms with Crippen molar-refractivity contribution in [3.8, 4) is 0 Å². The van der Waals surface area contributed by atoms with E-state index in [9.17, 15) is 0 Å². The number of nitrogens with zero attached hydrogens (tertiary/aromatic N) is 2. The summed E-state index contributed by atoms with van der Waals surface area (Å²) in [5, 5.41) is 10.5. The van der Waals surface area contributed by atoms with Crippen LogP contribution in [-0.4, -0.2) is 10.2 Å². The molecule has 2 aromatic rings. The summed E-state index contributed by atoms with van der Waals surface area (Å²) in [6.07, 6.45) is 2.76. The van der Waals surface area contributed by atoms with E-state index < -0.39 is 0 Å². The second kappa shape index (κ2) is 3.13. The summed E-state index contributed by atoms with van der Waals surface area (Å²) >= 11 is 0. The Morgan fingerprint density at radius 3 is 2.92 bits per heavy atom. The molecule has 0 atom stereocenters. The van der Waals surface area contributed by atoms with E-state index in [1.165, 1.54) is 16.3 Å².